The minimum absolute atomic E-state index is 0.314. The lowest BCUT2D eigenvalue weighted by Crippen LogP contribution is -2.37. The summed E-state index contributed by atoms with van der Waals surface area (Å²) in [7, 11) is 3.07. The summed E-state index contributed by atoms with van der Waals surface area (Å²) in [6, 6.07) is 17.6. The Morgan fingerprint density at radius 3 is 2.43 bits per heavy atom. The van der Waals surface area contributed by atoms with Gasteiger partial charge in [0.25, 0.3) is 5.56 Å². The highest BCUT2D eigenvalue weighted by atomic mass is 16.2. The SMILES string of the molecule is Cc1ccccc1Cn1c(NN=Cc2ccccc2)nc2c1c(=O)n(C)c(=O)n2C. The van der Waals surface area contributed by atoms with Crippen LogP contribution in [0.25, 0.3) is 11.2 Å². The van der Waals surface area contributed by atoms with E-state index in [9.17, 15) is 9.59 Å². The first kappa shape index (κ1) is 19.4. The van der Waals surface area contributed by atoms with Gasteiger partial charge in [-0.2, -0.15) is 10.1 Å². The Kier molecular flexibility index (Phi) is 5.05. The van der Waals surface area contributed by atoms with Crippen LogP contribution in [0.15, 0.2) is 69.3 Å². The molecule has 8 nitrogen and oxygen atoms in total. The Labute approximate surface area is 172 Å². The van der Waals surface area contributed by atoms with E-state index < -0.39 is 11.2 Å². The molecule has 0 radical (unpaired) electrons. The summed E-state index contributed by atoms with van der Waals surface area (Å²) >= 11 is 0. The van der Waals surface area contributed by atoms with Crippen molar-refractivity contribution in [3.63, 3.8) is 0 Å². The summed E-state index contributed by atoms with van der Waals surface area (Å²) in [6.45, 7) is 2.43. The van der Waals surface area contributed by atoms with Gasteiger partial charge in [-0.3, -0.25) is 18.5 Å². The van der Waals surface area contributed by atoms with Gasteiger partial charge in [-0.05, 0) is 23.6 Å². The maximum atomic E-state index is 12.9. The largest absolute Gasteiger partial charge is 0.332 e. The predicted octanol–water partition coefficient (Wildman–Crippen LogP) is 2.24. The highest BCUT2D eigenvalue weighted by molar-refractivity contribution is 5.80. The zero-order valence-corrected chi connectivity index (χ0v) is 17.0. The molecule has 0 aliphatic rings. The van der Waals surface area contributed by atoms with Gasteiger partial charge in [-0.1, -0.05) is 54.6 Å². The maximum Gasteiger partial charge on any atom is 0.332 e. The van der Waals surface area contributed by atoms with Gasteiger partial charge < -0.3 is 0 Å². The molecule has 2 aromatic heterocycles. The molecule has 0 fully saturated rings. The lowest BCUT2D eigenvalue weighted by Gasteiger charge is -2.11. The monoisotopic (exact) mass is 402 g/mol. The van der Waals surface area contributed by atoms with Crippen molar-refractivity contribution >= 4 is 23.3 Å². The quantitative estimate of drug-likeness (QED) is 0.410. The van der Waals surface area contributed by atoms with Crippen LogP contribution in [0.2, 0.25) is 0 Å². The molecular weight excluding hydrogens is 380 g/mol. The number of imidazole rings is 1. The number of hydrogen-bond donors (Lipinski definition) is 1. The summed E-state index contributed by atoms with van der Waals surface area (Å²) in [6.07, 6.45) is 1.68. The number of anilines is 1. The van der Waals surface area contributed by atoms with Crippen LogP contribution >= 0.6 is 0 Å². The van der Waals surface area contributed by atoms with Gasteiger partial charge in [0.05, 0.1) is 12.8 Å². The second kappa shape index (κ2) is 7.82. The van der Waals surface area contributed by atoms with Crippen LogP contribution in [0.1, 0.15) is 16.7 Å². The first-order chi connectivity index (χ1) is 14.5. The van der Waals surface area contributed by atoms with E-state index in [0.717, 1.165) is 21.3 Å². The predicted molar refractivity (Wildman–Crippen MR) is 118 cm³/mol. The molecule has 1 N–H and O–H groups in total. The first-order valence-corrected chi connectivity index (χ1v) is 9.52. The molecule has 152 valence electrons. The smallest absolute Gasteiger partial charge is 0.298 e. The van der Waals surface area contributed by atoms with E-state index in [2.05, 4.69) is 15.5 Å². The van der Waals surface area contributed by atoms with Crippen LogP contribution in [0.3, 0.4) is 0 Å². The van der Waals surface area contributed by atoms with E-state index in [1.807, 2.05) is 61.5 Å². The molecular formula is C22H22N6O2. The number of aryl methyl sites for hydroxylation is 2. The molecule has 0 saturated heterocycles. The minimum atomic E-state index is -0.424. The lowest BCUT2D eigenvalue weighted by atomic mass is 10.1. The van der Waals surface area contributed by atoms with Crippen LogP contribution in [-0.2, 0) is 20.6 Å². The second-order valence-corrected chi connectivity index (χ2v) is 7.11. The third kappa shape index (κ3) is 3.43. The third-order valence-electron chi connectivity index (χ3n) is 5.12. The molecule has 0 amide bonds. The van der Waals surface area contributed by atoms with E-state index in [4.69, 9.17) is 0 Å². The van der Waals surface area contributed by atoms with Crippen molar-refractivity contribution in [1.82, 2.24) is 18.7 Å². The fourth-order valence-corrected chi connectivity index (χ4v) is 3.35. The summed E-state index contributed by atoms with van der Waals surface area (Å²) in [5.41, 5.74) is 5.85. The van der Waals surface area contributed by atoms with Crippen LogP contribution in [0.4, 0.5) is 5.95 Å². The molecule has 2 heterocycles. The van der Waals surface area contributed by atoms with Crippen molar-refractivity contribution in [3.8, 4) is 0 Å². The fourth-order valence-electron chi connectivity index (χ4n) is 3.35. The summed E-state index contributed by atoms with van der Waals surface area (Å²) < 4.78 is 4.23. The van der Waals surface area contributed by atoms with Gasteiger partial charge in [-0.15, -0.1) is 0 Å². The molecule has 0 bridgehead atoms. The molecule has 0 aliphatic carbocycles. The Balaban J connectivity index is 1.86. The summed E-state index contributed by atoms with van der Waals surface area (Å²) in [4.78, 5) is 29.8. The molecule has 0 spiro atoms. The lowest BCUT2D eigenvalue weighted by molar-refractivity contribution is 0.702. The van der Waals surface area contributed by atoms with Gasteiger partial charge in [0.15, 0.2) is 11.2 Å². The Morgan fingerprint density at radius 1 is 1.00 bits per heavy atom. The number of hydrazone groups is 1. The zero-order chi connectivity index (χ0) is 21.3. The van der Waals surface area contributed by atoms with Crippen molar-refractivity contribution < 1.29 is 0 Å². The second-order valence-electron chi connectivity index (χ2n) is 7.11. The molecule has 0 saturated carbocycles. The molecule has 0 atom stereocenters. The number of nitrogens with zero attached hydrogens (tertiary/aromatic N) is 5. The van der Waals surface area contributed by atoms with Gasteiger partial charge in [0, 0.05) is 14.1 Å². The zero-order valence-electron chi connectivity index (χ0n) is 17.0. The third-order valence-corrected chi connectivity index (χ3v) is 5.12. The van der Waals surface area contributed by atoms with Crippen LogP contribution in [0.5, 0.6) is 0 Å². The van der Waals surface area contributed by atoms with Crippen molar-refractivity contribution in [2.75, 3.05) is 5.43 Å². The van der Waals surface area contributed by atoms with E-state index in [1.54, 1.807) is 17.8 Å². The molecule has 0 unspecified atom stereocenters. The average Bonchev–Trinajstić information content (AvgIpc) is 3.11. The Morgan fingerprint density at radius 2 is 1.70 bits per heavy atom. The number of benzene rings is 2. The van der Waals surface area contributed by atoms with Crippen molar-refractivity contribution in [3.05, 3.63) is 92.1 Å². The number of nitrogens with one attached hydrogen (secondary N) is 1. The van der Waals surface area contributed by atoms with E-state index in [-0.39, 0.29) is 0 Å². The van der Waals surface area contributed by atoms with Crippen LogP contribution < -0.4 is 16.7 Å². The van der Waals surface area contributed by atoms with Crippen molar-refractivity contribution in [2.45, 2.75) is 13.5 Å². The topological polar surface area (TPSA) is 86.2 Å². The van der Waals surface area contributed by atoms with E-state index in [1.165, 1.54) is 11.6 Å². The minimum Gasteiger partial charge on any atom is -0.298 e. The van der Waals surface area contributed by atoms with Gasteiger partial charge >= 0.3 is 5.69 Å². The molecule has 0 aliphatic heterocycles. The molecule has 8 heteroatoms. The molecule has 30 heavy (non-hydrogen) atoms. The van der Waals surface area contributed by atoms with Crippen molar-refractivity contribution in [1.29, 1.82) is 0 Å². The Hall–Kier alpha value is -3.94. The number of rotatable bonds is 5. The van der Waals surface area contributed by atoms with Crippen LogP contribution in [-0.4, -0.2) is 24.9 Å². The standard InChI is InChI=1S/C22H22N6O2/c1-15-9-7-8-12-17(15)14-28-18-19(26(2)22(30)27(3)20(18)29)24-21(28)25-23-13-16-10-5-4-6-11-16/h4-13H,14H2,1-3H3,(H,24,25). The van der Waals surface area contributed by atoms with Crippen molar-refractivity contribution in [2.24, 2.45) is 19.2 Å². The maximum absolute atomic E-state index is 12.9. The first-order valence-electron chi connectivity index (χ1n) is 9.52. The van der Waals surface area contributed by atoms with E-state index >= 15 is 0 Å². The normalized spacial score (nSPS) is 11.4. The summed E-state index contributed by atoms with van der Waals surface area (Å²) in [5, 5.41) is 4.28. The molecule has 4 rings (SSSR count). The van der Waals surface area contributed by atoms with E-state index in [0.29, 0.717) is 23.7 Å². The Bertz CT molecular complexity index is 1360. The average molecular weight is 402 g/mol. The highest BCUT2D eigenvalue weighted by Gasteiger charge is 2.19. The van der Waals surface area contributed by atoms with Crippen LogP contribution in [0, 0.1) is 6.92 Å². The summed E-state index contributed by atoms with van der Waals surface area (Å²) in [5.74, 6) is 0.388. The molecule has 4 aromatic rings. The highest BCUT2D eigenvalue weighted by Crippen LogP contribution is 2.19. The van der Waals surface area contributed by atoms with Gasteiger partial charge in [-0.25, -0.2) is 10.2 Å². The number of hydrogen-bond acceptors (Lipinski definition) is 5. The number of fused-ring (bicyclic) bond motifs is 1. The van der Waals surface area contributed by atoms with Gasteiger partial charge in [0.2, 0.25) is 5.95 Å². The number of aromatic nitrogens is 4. The molecule has 2 aromatic carbocycles. The fraction of sp³-hybridized carbons (Fsp3) is 0.182. The van der Waals surface area contributed by atoms with Gasteiger partial charge in [0.1, 0.15) is 0 Å².